The molecule has 29 heavy (non-hydrogen) atoms. The van der Waals surface area contributed by atoms with Crippen LogP contribution in [0.25, 0.3) is 0 Å². The Balaban J connectivity index is 0.00000420. The van der Waals surface area contributed by atoms with E-state index in [1.807, 2.05) is 18.2 Å². The normalized spacial score (nSPS) is 16.9. The molecule has 0 radical (unpaired) electrons. The van der Waals surface area contributed by atoms with Gasteiger partial charge in [0, 0.05) is 37.6 Å². The van der Waals surface area contributed by atoms with Crippen LogP contribution in [-0.4, -0.2) is 62.7 Å². The summed E-state index contributed by atoms with van der Waals surface area (Å²) in [5, 5.41) is 6.34. The number of rotatable bonds is 7. The number of benzene rings is 1. The quantitative estimate of drug-likeness (QED) is 0.174. The number of nitrogens with zero attached hydrogens (tertiary/aromatic N) is 2. The lowest BCUT2D eigenvalue weighted by Gasteiger charge is -2.32. The summed E-state index contributed by atoms with van der Waals surface area (Å²) in [6, 6.07) is 9.97. The summed E-state index contributed by atoms with van der Waals surface area (Å²) in [4.78, 5) is 5.33. The van der Waals surface area contributed by atoms with Gasteiger partial charge in [-0.2, -0.15) is 17.5 Å². The maximum absolute atomic E-state index is 12.6. The molecule has 0 saturated carbocycles. The zero-order valence-electron chi connectivity index (χ0n) is 16.0. The first kappa shape index (κ1) is 26.3. The largest absolute Gasteiger partial charge is 0.511 e. The molecule has 0 aliphatic carbocycles. The third kappa shape index (κ3) is 8.13. The second kappa shape index (κ2) is 12.2. The Hall–Kier alpha value is -0.730. The molecule has 1 aliphatic heterocycles. The zero-order chi connectivity index (χ0) is 20.6. The van der Waals surface area contributed by atoms with Crippen molar-refractivity contribution in [2.24, 2.45) is 4.99 Å². The highest BCUT2D eigenvalue weighted by molar-refractivity contribution is 14.0. The van der Waals surface area contributed by atoms with Crippen LogP contribution in [0.2, 0.25) is 0 Å². The second-order valence-electron chi connectivity index (χ2n) is 6.28. The minimum Gasteiger partial charge on any atom is -0.356 e. The molecule has 0 spiro atoms. The first-order valence-electron chi connectivity index (χ1n) is 8.95. The van der Waals surface area contributed by atoms with E-state index in [4.69, 9.17) is 0 Å². The Kier molecular flexibility index (Phi) is 11.1. The van der Waals surface area contributed by atoms with Crippen molar-refractivity contribution in [1.29, 1.82) is 0 Å². The third-order valence-electron chi connectivity index (χ3n) is 4.28. The molecule has 1 fully saturated rings. The highest BCUT2D eigenvalue weighted by Crippen LogP contribution is 2.28. The van der Waals surface area contributed by atoms with Crippen molar-refractivity contribution in [2.75, 3.05) is 32.4 Å². The standard InChI is InChI=1S/C17H25F3N4O2S2.HI/c1-21-16(22-10-5-13-27-15-6-3-2-4-7-15)23-14-8-11-24(12-9-14)28(25,26)17(18,19)20;/h2-4,6-7,14H,5,8-13H2,1H3,(H2,21,22,23);1H. The van der Waals surface area contributed by atoms with E-state index >= 15 is 0 Å². The minimum atomic E-state index is -5.25. The molecular weight excluding hydrogens is 540 g/mol. The lowest BCUT2D eigenvalue weighted by Crippen LogP contribution is -2.51. The summed E-state index contributed by atoms with van der Waals surface area (Å²) in [6.45, 7) is 0.384. The molecule has 0 aromatic heterocycles. The highest BCUT2D eigenvalue weighted by atomic mass is 127. The van der Waals surface area contributed by atoms with Gasteiger partial charge in [0.15, 0.2) is 5.96 Å². The number of aliphatic imine (C=N–C) groups is 1. The average Bonchev–Trinajstić information content (AvgIpc) is 2.67. The van der Waals surface area contributed by atoms with Gasteiger partial charge in [-0.25, -0.2) is 8.42 Å². The van der Waals surface area contributed by atoms with E-state index in [1.165, 1.54) is 4.90 Å². The lowest BCUT2D eigenvalue weighted by molar-refractivity contribution is -0.0494. The molecule has 1 aliphatic rings. The molecule has 1 aromatic rings. The second-order valence-corrected chi connectivity index (χ2v) is 9.38. The van der Waals surface area contributed by atoms with Gasteiger partial charge in [0.1, 0.15) is 0 Å². The summed E-state index contributed by atoms with van der Waals surface area (Å²) in [7, 11) is -3.62. The highest BCUT2D eigenvalue weighted by Gasteiger charge is 2.50. The Morgan fingerprint density at radius 2 is 1.86 bits per heavy atom. The van der Waals surface area contributed by atoms with Gasteiger partial charge in [0.2, 0.25) is 0 Å². The lowest BCUT2D eigenvalue weighted by atomic mass is 10.1. The van der Waals surface area contributed by atoms with Gasteiger partial charge in [-0.15, -0.1) is 35.7 Å². The number of hydrogen-bond acceptors (Lipinski definition) is 4. The van der Waals surface area contributed by atoms with Crippen molar-refractivity contribution >= 4 is 51.7 Å². The first-order valence-corrected chi connectivity index (χ1v) is 11.4. The molecule has 166 valence electrons. The fourth-order valence-corrected chi connectivity index (χ4v) is 4.62. The first-order chi connectivity index (χ1) is 13.2. The number of thioether (sulfide) groups is 1. The van der Waals surface area contributed by atoms with Crippen LogP contribution < -0.4 is 10.6 Å². The van der Waals surface area contributed by atoms with Crippen LogP contribution in [0.4, 0.5) is 13.2 Å². The van der Waals surface area contributed by atoms with Crippen molar-refractivity contribution in [3.63, 3.8) is 0 Å². The summed E-state index contributed by atoms with van der Waals surface area (Å²) in [5.41, 5.74) is -5.25. The molecule has 2 N–H and O–H groups in total. The van der Waals surface area contributed by atoms with Gasteiger partial charge in [-0.3, -0.25) is 4.99 Å². The molecular formula is C17H26F3IN4O2S2. The fraction of sp³-hybridized carbons (Fsp3) is 0.588. The molecule has 0 bridgehead atoms. The smallest absolute Gasteiger partial charge is 0.356 e. The minimum absolute atomic E-state index is 0. The van der Waals surface area contributed by atoms with Crippen molar-refractivity contribution in [1.82, 2.24) is 14.9 Å². The van der Waals surface area contributed by atoms with Crippen LogP contribution in [-0.2, 0) is 10.0 Å². The van der Waals surface area contributed by atoms with Gasteiger partial charge in [0.05, 0.1) is 0 Å². The summed E-state index contributed by atoms with van der Waals surface area (Å²) in [6.07, 6.45) is 1.50. The Morgan fingerprint density at radius 1 is 1.24 bits per heavy atom. The topological polar surface area (TPSA) is 73.8 Å². The van der Waals surface area contributed by atoms with E-state index in [1.54, 1.807) is 18.8 Å². The molecule has 1 saturated heterocycles. The van der Waals surface area contributed by atoms with E-state index in [2.05, 4.69) is 27.8 Å². The van der Waals surface area contributed by atoms with Crippen LogP contribution in [0.15, 0.2) is 40.2 Å². The number of alkyl halides is 3. The SMILES string of the molecule is CN=C(NCCCSc1ccccc1)NC1CCN(S(=O)(=O)C(F)(F)F)CC1.I. The number of nitrogens with one attached hydrogen (secondary N) is 2. The predicted molar refractivity (Wildman–Crippen MR) is 121 cm³/mol. The molecule has 1 heterocycles. The number of halogens is 4. The molecule has 0 unspecified atom stereocenters. The van der Waals surface area contributed by atoms with Gasteiger partial charge in [-0.05, 0) is 37.1 Å². The number of hydrogen-bond donors (Lipinski definition) is 2. The van der Waals surface area contributed by atoms with Gasteiger partial charge in [0.25, 0.3) is 0 Å². The van der Waals surface area contributed by atoms with Gasteiger partial charge < -0.3 is 10.6 Å². The third-order valence-corrected chi connectivity index (χ3v) is 7.00. The fourth-order valence-electron chi connectivity index (χ4n) is 2.76. The van der Waals surface area contributed by atoms with Crippen molar-refractivity contribution in [2.45, 2.75) is 35.7 Å². The Labute approximate surface area is 191 Å². The molecule has 0 amide bonds. The molecule has 2 rings (SSSR count). The van der Waals surface area contributed by atoms with E-state index in [-0.39, 0.29) is 43.1 Å². The monoisotopic (exact) mass is 566 g/mol. The maximum atomic E-state index is 12.6. The molecule has 1 aromatic carbocycles. The van der Waals surface area contributed by atoms with Crippen LogP contribution >= 0.6 is 35.7 Å². The molecule has 6 nitrogen and oxygen atoms in total. The van der Waals surface area contributed by atoms with Gasteiger partial charge >= 0.3 is 15.5 Å². The summed E-state index contributed by atoms with van der Waals surface area (Å²) in [5.74, 6) is 1.52. The van der Waals surface area contributed by atoms with Crippen molar-refractivity contribution in [3.05, 3.63) is 30.3 Å². The van der Waals surface area contributed by atoms with E-state index in [9.17, 15) is 21.6 Å². The summed E-state index contributed by atoms with van der Waals surface area (Å²) < 4.78 is 61.2. The van der Waals surface area contributed by atoms with Crippen LogP contribution in [0.5, 0.6) is 0 Å². The van der Waals surface area contributed by atoms with Crippen LogP contribution in [0, 0.1) is 0 Å². The zero-order valence-corrected chi connectivity index (χ0v) is 19.9. The van der Waals surface area contributed by atoms with E-state index in [0.29, 0.717) is 29.7 Å². The Morgan fingerprint density at radius 3 is 2.41 bits per heavy atom. The maximum Gasteiger partial charge on any atom is 0.511 e. The number of piperidine rings is 1. The molecule has 12 heteroatoms. The molecule has 0 atom stereocenters. The Bertz CT molecular complexity index is 741. The predicted octanol–water partition coefficient (Wildman–Crippen LogP) is 3.27. The number of sulfonamides is 1. The van der Waals surface area contributed by atoms with Crippen molar-refractivity contribution < 1.29 is 21.6 Å². The van der Waals surface area contributed by atoms with E-state index < -0.39 is 15.5 Å². The van der Waals surface area contributed by atoms with E-state index in [0.717, 1.165) is 12.2 Å². The average molecular weight is 566 g/mol. The van der Waals surface area contributed by atoms with Crippen LogP contribution in [0.1, 0.15) is 19.3 Å². The van der Waals surface area contributed by atoms with Crippen molar-refractivity contribution in [3.8, 4) is 0 Å². The summed E-state index contributed by atoms with van der Waals surface area (Å²) >= 11 is 1.77. The van der Waals surface area contributed by atoms with Crippen LogP contribution in [0.3, 0.4) is 0 Å². The van der Waals surface area contributed by atoms with Gasteiger partial charge in [-0.1, -0.05) is 18.2 Å². The number of guanidine groups is 1.